The highest BCUT2D eigenvalue weighted by atomic mass is 32.2. The Kier molecular flexibility index (Phi) is 5.77. The second-order valence-electron chi connectivity index (χ2n) is 6.24. The standard InChI is InChI=1S/C18H20FNO5S/c1-18(15(22)12-21,26(2,24)25)9-11-20-10-8-14(16(19)17(20)23)13-6-4-3-5-7-13/h3-8,10,21H,9,11-12H2,1-2H3/t18-/m1/s1. The van der Waals surface area contributed by atoms with Crippen molar-refractivity contribution in [2.24, 2.45) is 0 Å². The van der Waals surface area contributed by atoms with E-state index in [4.69, 9.17) is 5.11 Å². The van der Waals surface area contributed by atoms with E-state index in [9.17, 15) is 22.4 Å². The van der Waals surface area contributed by atoms with Crippen molar-refractivity contribution < 1.29 is 22.7 Å². The van der Waals surface area contributed by atoms with Crippen LogP contribution in [-0.4, -0.2) is 41.5 Å². The lowest BCUT2D eigenvalue weighted by molar-refractivity contribution is -0.124. The van der Waals surface area contributed by atoms with E-state index in [0.29, 0.717) is 5.56 Å². The van der Waals surface area contributed by atoms with Crippen LogP contribution in [0.4, 0.5) is 4.39 Å². The SMILES string of the molecule is C[C@@](CCn1ccc(-c2ccccc2)c(F)c1=O)(C(=O)CO)S(C)(=O)=O. The molecule has 1 atom stereocenters. The van der Waals surface area contributed by atoms with E-state index < -0.39 is 38.4 Å². The van der Waals surface area contributed by atoms with Crippen molar-refractivity contribution in [3.8, 4) is 11.1 Å². The van der Waals surface area contributed by atoms with Gasteiger partial charge in [0.05, 0.1) is 0 Å². The summed E-state index contributed by atoms with van der Waals surface area (Å²) >= 11 is 0. The van der Waals surface area contributed by atoms with E-state index in [1.807, 2.05) is 0 Å². The summed E-state index contributed by atoms with van der Waals surface area (Å²) in [5.41, 5.74) is -0.214. The minimum absolute atomic E-state index is 0.143. The van der Waals surface area contributed by atoms with Crippen LogP contribution in [0.3, 0.4) is 0 Å². The Morgan fingerprint density at radius 2 is 1.85 bits per heavy atom. The second kappa shape index (κ2) is 7.51. The Hall–Kier alpha value is -2.32. The molecule has 1 aromatic heterocycles. The summed E-state index contributed by atoms with van der Waals surface area (Å²) in [6, 6.07) is 9.98. The van der Waals surface area contributed by atoms with Gasteiger partial charge in [0.1, 0.15) is 11.4 Å². The molecule has 1 heterocycles. The molecule has 1 N–H and O–H groups in total. The van der Waals surface area contributed by atoms with Crippen molar-refractivity contribution in [3.63, 3.8) is 0 Å². The molecule has 0 aliphatic carbocycles. The zero-order chi connectivity index (χ0) is 19.5. The van der Waals surface area contributed by atoms with Gasteiger partial charge < -0.3 is 9.67 Å². The Morgan fingerprint density at radius 3 is 2.38 bits per heavy atom. The van der Waals surface area contributed by atoms with Gasteiger partial charge in [-0.25, -0.2) is 12.8 Å². The summed E-state index contributed by atoms with van der Waals surface area (Å²) in [7, 11) is -3.84. The van der Waals surface area contributed by atoms with E-state index in [1.165, 1.54) is 19.2 Å². The number of halogens is 1. The molecule has 0 fully saturated rings. The zero-order valence-electron chi connectivity index (χ0n) is 14.5. The predicted molar refractivity (Wildman–Crippen MR) is 96.1 cm³/mol. The number of hydrogen-bond acceptors (Lipinski definition) is 5. The lowest BCUT2D eigenvalue weighted by Gasteiger charge is -2.25. The monoisotopic (exact) mass is 381 g/mol. The smallest absolute Gasteiger partial charge is 0.287 e. The summed E-state index contributed by atoms with van der Waals surface area (Å²) < 4.78 is 37.6. The van der Waals surface area contributed by atoms with Gasteiger partial charge in [0.2, 0.25) is 0 Å². The van der Waals surface area contributed by atoms with Crippen LogP contribution in [0.5, 0.6) is 0 Å². The predicted octanol–water partition coefficient (Wildman–Crippen LogP) is 1.41. The van der Waals surface area contributed by atoms with Gasteiger partial charge in [-0.15, -0.1) is 0 Å². The van der Waals surface area contributed by atoms with E-state index in [-0.39, 0.29) is 18.5 Å². The maximum absolute atomic E-state index is 14.5. The molecule has 0 aliphatic heterocycles. The summed E-state index contributed by atoms with van der Waals surface area (Å²) in [4.78, 5) is 24.2. The molecule has 0 unspecified atom stereocenters. The minimum atomic E-state index is -3.84. The minimum Gasteiger partial charge on any atom is -0.389 e. The first-order valence-electron chi connectivity index (χ1n) is 7.90. The molecule has 0 spiro atoms. The summed E-state index contributed by atoms with van der Waals surface area (Å²) in [6.45, 7) is 0.0839. The van der Waals surface area contributed by atoms with E-state index in [0.717, 1.165) is 10.8 Å². The molecule has 0 bridgehead atoms. The fraction of sp³-hybridized carbons (Fsp3) is 0.333. The summed E-state index contributed by atoms with van der Waals surface area (Å²) in [5.74, 6) is -1.82. The molecule has 0 amide bonds. The molecule has 1 aromatic carbocycles. The number of ketones is 1. The first-order chi connectivity index (χ1) is 12.1. The first kappa shape index (κ1) is 20.0. The van der Waals surface area contributed by atoms with Crippen LogP contribution in [0.25, 0.3) is 11.1 Å². The van der Waals surface area contributed by atoms with Gasteiger partial charge >= 0.3 is 0 Å². The number of aryl methyl sites for hydroxylation is 1. The highest BCUT2D eigenvalue weighted by molar-refractivity contribution is 7.92. The van der Waals surface area contributed by atoms with Crippen molar-refractivity contribution in [1.82, 2.24) is 4.57 Å². The third kappa shape index (κ3) is 3.76. The molecule has 2 aromatic rings. The van der Waals surface area contributed by atoms with Crippen molar-refractivity contribution in [3.05, 3.63) is 58.8 Å². The number of hydrogen-bond donors (Lipinski definition) is 1. The topological polar surface area (TPSA) is 93.4 Å². The number of carbonyl (C=O) groups is 1. The van der Waals surface area contributed by atoms with Crippen molar-refractivity contribution in [2.75, 3.05) is 12.9 Å². The van der Waals surface area contributed by atoms with E-state index in [2.05, 4.69) is 0 Å². The zero-order valence-corrected chi connectivity index (χ0v) is 15.3. The molecule has 0 saturated carbocycles. The number of pyridine rings is 1. The normalized spacial score (nSPS) is 14.0. The fourth-order valence-corrected chi connectivity index (χ4v) is 3.54. The average Bonchev–Trinajstić information content (AvgIpc) is 2.61. The highest BCUT2D eigenvalue weighted by Gasteiger charge is 2.42. The summed E-state index contributed by atoms with van der Waals surface area (Å²) in [5, 5.41) is 9.05. The molecule has 140 valence electrons. The molecular weight excluding hydrogens is 361 g/mol. The van der Waals surface area contributed by atoms with Crippen LogP contribution in [0.15, 0.2) is 47.4 Å². The van der Waals surface area contributed by atoms with Crippen molar-refractivity contribution in [1.29, 1.82) is 0 Å². The van der Waals surface area contributed by atoms with Gasteiger partial charge in [0, 0.05) is 24.6 Å². The number of aliphatic hydroxyl groups is 1. The molecule has 8 heteroatoms. The fourth-order valence-electron chi connectivity index (χ4n) is 2.60. The van der Waals surface area contributed by atoms with Gasteiger partial charge in [-0.05, 0) is 25.0 Å². The molecule has 0 aliphatic rings. The quantitative estimate of drug-likeness (QED) is 0.783. The van der Waals surface area contributed by atoms with Gasteiger partial charge in [0.25, 0.3) is 5.56 Å². The van der Waals surface area contributed by atoms with Crippen LogP contribution in [0.1, 0.15) is 13.3 Å². The Bertz CT molecular complexity index is 969. The van der Waals surface area contributed by atoms with Crippen LogP contribution in [-0.2, 0) is 21.2 Å². The van der Waals surface area contributed by atoms with Crippen LogP contribution in [0.2, 0.25) is 0 Å². The van der Waals surface area contributed by atoms with Gasteiger partial charge in [-0.3, -0.25) is 9.59 Å². The van der Waals surface area contributed by atoms with E-state index >= 15 is 0 Å². The number of aliphatic hydroxyl groups excluding tert-OH is 1. The number of Topliss-reactive ketones (excluding diaryl/α,β-unsaturated/α-hetero) is 1. The van der Waals surface area contributed by atoms with E-state index in [1.54, 1.807) is 30.3 Å². The number of sulfone groups is 1. The number of aromatic nitrogens is 1. The van der Waals surface area contributed by atoms with Gasteiger partial charge in [-0.2, -0.15) is 0 Å². The number of nitrogens with zero attached hydrogens (tertiary/aromatic N) is 1. The Balaban J connectivity index is 2.35. The van der Waals surface area contributed by atoms with Crippen molar-refractivity contribution in [2.45, 2.75) is 24.6 Å². The third-order valence-corrected chi connectivity index (χ3v) is 6.64. The third-order valence-electron chi connectivity index (χ3n) is 4.57. The highest BCUT2D eigenvalue weighted by Crippen LogP contribution is 2.24. The largest absolute Gasteiger partial charge is 0.389 e. The molecule has 0 radical (unpaired) electrons. The molecular formula is C18H20FNO5S. The molecule has 6 nitrogen and oxygen atoms in total. The molecule has 0 saturated heterocycles. The van der Waals surface area contributed by atoms with Crippen LogP contribution >= 0.6 is 0 Å². The average molecular weight is 381 g/mol. The first-order valence-corrected chi connectivity index (χ1v) is 9.79. The molecule has 26 heavy (non-hydrogen) atoms. The Labute approximate surface area is 150 Å². The number of rotatable bonds is 7. The lowest BCUT2D eigenvalue weighted by atomic mass is 10.0. The number of carbonyl (C=O) groups excluding carboxylic acids is 1. The van der Waals surface area contributed by atoms with Crippen LogP contribution in [0, 0.1) is 5.82 Å². The van der Waals surface area contributed by atoms with Gasteiger partial charge in [0.15, 0.2) is 21.4 Å². The summed E-state index contributed by atoms with van der Waals surface area (Å²) in [6.07, 6.45) is 2.00. The van der Waals surface area contributed by atoms with Gasteiger partial charge in [-0.1, -0.05) is 30.3 Å². The van der Waals surface area contributed by atoms with Crippen LogP contribution < -0.4 is 5.56 Å². The lowest BCUT2D eigenvalue weighted by Crippen LogP contribution is -2.46. The Morgan fingerprint density at radius 1 is 1.23 bits per heavy atom. The van der Waals surface area contributed by atoms with Crippen molar-refractivity contribution >= 4 is 15.6 Å². The maximum atomic E-state index is 14.5. The number of benzene rings is 1. The maximum Gasteiger partial charge on any atom is 0.287 e. The second-order valence-corrected chi connectivity index (χ2v) is 8.69. The molecule has 2 rings (SSSR count).